The molecule has 0 N–H and O–H groups in total. The Morgan fingerprint density at radius 3 is 2.33 bits per heavy atom. The first-order valence-electron chi connectivity index (χ1n) is 9.36. The van der Waals surface area contributed by atoms with E-state index in [4.69, 9.17) is 14.2 Å². The number of fused-ring (bicyclic) bond motifs is 5. The number of hydrogen-bond donors (Lipinski definition) is 0. The summed E-state index contributed by atoms with van der Waals surface area (Å²) in [7, 11) is 0. The zero-order valence-electron chi connectivity index (χ0n) is 16.5. The zero-order chi connectivity index (χ0) is 21.8. The Morgan fingerprint density at radius 1 is 1.07 bits per heavy atom. The lowest BCUT2D eigenvalue weighted by Crippen LogP contribution is -2.52. The Kier molecular flexibility index (Phi) is 4.58. The van der Waals surface area contributed by atoms with Crippen LogP contribution in [-0.2, 0) is 33.4 Å². The number of rotatable bonds is 5. The van der Waals surface area contributed by atoms with Gasteiger partial charge < -0.3 is 14.2 Å². The van der Waals surface area contributed by atoms with E-state index in [-0.39, 0.29) is 11.5 Å². The van der Waals surface area contributed by atoms with E-state index < -0.39 is 53.6 Å². The van der Waals surface area contributed by atoms with Gasteiger partial charge in [-0.3, -0.25) is 24.0 Å². The van der Waals surface area contributed by atoms with Crippen LogP contribution in [-0.4, -0.2) is 47.5 Å². The van der Waals surface area contributed by atoms with Crippen LogP contribution in [0.3, 0.4) is 0 Å². The number of amides is 2. The molecule has 9 heteroatoms. The molecule has 4 rings (SSSR count). The van der Waals surface area contributed by atoms with Gasteiger partial charge in [0.2, 0.25) is 11.8 Å². The molecule has 3 aliphatic heterocycles. The summed E-state index contributed by atoms with van der Waals surface area (Å²) in [4.78, 5) is 62.5. The fourth-order valence-corrected chi connectivity index (χ4v) is 4.34. The average Bonchev–Trinajstić information content (AvgIpc) is 3.32. The maximum absolute atomic E-state index is 13.4. The van der Waals surface area contributed by atoms with Crippen LogP contribution in [0.25, 0.3) is 0 Å². The molecular weight excluding hydrogens is 394 g/mol. The highest BCUT2D eigenvalue weighted by molar-refractivity contribution is 6.23. The number of ketones is 1. The molecular formula is C21H19NO8. The highest BCUT2D eigenvalue weighted by atomic mass is 16.7. The number of imide groups is 1. The van der Waals surface area contributed by atoms with E-state index in [0.717, 1.165) is 18.7 Å². The number of Topliss-reactive ketones (excluding diaryl/α,β-unsaturated/α-hetero) is 1. The van der Waals surface area contributed by atoms with Crippen molar-refractivity contribution in [3.8, 4) is 0 Å². The molecule has 0 spiro atoms. The predicted octanol–water partition coefficient (Wildman–Crippen LogP) is 1.15. The maximum atomic E-state index is 13.4. The molecule has 2 bridgehead atoms. The average molecular weight is 413 g/mol. The molecule has 3 heterocycles. The minimum Gasteiger partial charge on any atom is -0.422 e. The third-order valence-electron chi connectivity index (χ3n) is 5.50. The van der Waals surface area contributed by atoms with Gasteiger partial charge in [0.05, 0.1) is 23.6 Å². The number of carbonyl (C=O) groups excluding carboxylic acids is 5. The molecule has 1 aromatic rings. The molecule has 1 aromatic carbocycles. The third-order valence-corrected chi connectivity index (χ3v) is 5.50. The lowest BCUT2D eigenvalue weighted by atomic mass is 9.76. The van der Waals surface area contributed by atoms with Gasteiger partial charge in [0.1, 0.15) is 0 Å². The lowest BCUT2D eigenvalue weighted by molar-refractivity contribution is -0.226. The third kappa shape index (κ3) is 2.85. The second-order valence-corrected chi connectivity index (χ2v) is 7.47. The van der Waals surface area contributed by atoms with Crippen molar-refractivity contribution in [3.05, 3.63) is 42.0 Å². The second-order valence-electron chi connectivity index (χ2n) is 7.47. The van der Waals surface area contributed by atoms with Crippen molar-refractivity contribution in [3.63, 3.8) is 0 Å². The minimum atomic E-state index is -1.60. The van der Waals surface area contributed by atoms with Crippen LogP contribution in [0, 0.1) is 11.8 Å². The molecule has 2 saturated heterocycles. The SMILES string of the molecule is CC(=O)OC(OC(C)=O)[C@@]12C=C[C@@H](O1)[C@H]1C(=O)N(c3cccc(C(C)=O)c3)C(=O)[C@@H]12. The van der Waals surface area contributed by atoms with Crippen LogP contribution < -0.4 is 4.90 Å². The number of nitrogens with zero attached hydrogens (tertiary/aromatic N) is 1. The van der Waals surface area contributed by atoms with Gasteiger partial charge in [0.15, 0.2) is 11.4 Å². The molecule has 0 unspecified atom stereocenters. The van der Waals surface area contributed by atoms with Crippen molar-refractivity contribution in [2.24, 2.45) is 11.8 Å². The smallest absolute Gasteiger partial charge is 0.305 e. The first kappa shape index (κ1) is 20.0. The van der Waals surface area contributed by atoms with E-state index in [1.165, 1.54) is 19.1 Å². The van der Waals surface area contributed by atoms with E-state index >= 15 is 0 Å². The van der Waals surface area contributed by atoms with E-state index in [9.17, 15) is 24.0 Å². The zero-order valence-corrected chi connectivity index (χ0v) is 16.5. The van der Waals surface area contributed by atoms with E-state index in [2.05, 4.69) is 0 Å². The molecule has 9 nitrogen and oxygen atoms in total. The van der Waals surface area contributed by atoms with Gasteiger partial charge in [-0.15, -0.1) is 0 Å². The van der Waals surface area contributed by atoms with Crippen LogP contribution in [0.5, 0.6) is 0 Å². The number of carbonyl (C=O) groups is 5. The standard InChI is InChI=1S/C21H19NO8/c1-10(23)13-5-4-6-14(9-13)22-18(26)16-15-7-8-21(30-15,17(16)19(22)27)20(28-11(2)24)29-12(3)25/h4-9,15-17,20H,1-3H3/t15-,16-,17-,21+/m1/s1. The summed E-state index contributed by atoms with van der Waals surface area (Å²) >= 11 is 0. The Morgan fingerprint density at radius 2 is 1.73 bits per heavy atom. The Labute approximate surface area is 171 Å². The molecule has 0 aliphatic carbocycles. The van der Waals surface area contributed by atoms with E-state index in [1.807, 2.05) is 0 Å². The van der Waals surface area contributed by atoms with Gasteiger partial charge in [-0.25, -0.2) is 4.90 Å². The Hall–Kier alpha value is -3.33. The Balaban J connectivity index is 1.75. The van der Waals surface area contributed by atoms with E-state index in [1.54, 1.807) is 24.3 Å². The molecule has 4 atom stereocenters. The summed E-state index contributed by atoms with van der Waals surface area (Å²) < 4.78 is 16.2. The van der Waals surface area contributed by atoms with Crippen molar-refractivity contribution in [2.45, 2.75) is 38.8 Å². The first-order valence-corrected chi connectivity index (χ1v) is 9.36. The number of anilines is 1. The molecule has 2 fully saturated rings. The largest absolute Gasteiger partial charge is 0.422 e. The number of esters is 2. The minimum absolute atomic E-state index is 0.206. The predicted molar refractivity (Wildman–Crippen MR) is 100.0 cm³/mol. The summed E-state index contributed by atoms with van der Waals surface area (Å²) in [6.07, 6.45) is 0.850. The fraction of sp³-hybridized carbons (Fsp3) is 0.381. The lowest BCUT2D eigenvalue weighted by Gasteiger charge is -2.34. The van der Waals surface area contributed by atoms with Gasteiger partial charge in [0, 0.05) is 19.4 Å². The normalized spacial score (nSPS) is 28.8. The molecule has 30 heavy (non-hydrogen) atoms. The summed E-state index contributed by atoms with van der Waals surface area (Å²) in [6.45, 7) is 3.66. The van der Waals surface area contributed by atoms with E-state index in [0.29, 0.717) is 5.56 Å². The second kappa shape index (κ2) is 6.88. The molecule has 0 aromatic heterocycles. The van der Waals surface area contributed by atoms with Crippen LogP contribution in [0.2, 0.25) is 0 Å². The van der Waals surface area contributed by atoms with Crippen LogP contribution in [0.15, 0.2) is 36.4 Å². The number of hydrogen-bond acceptors (Lipinski definition) is 8. The summed E-state index contributed by atoms with van der Waals surface area (Å²) in [5, 5.41) is 0. The number of ether oxygens (including phenoxy) is 3. The highest BCUT2D eigenvalue weighted by Crippen LogP contribution is 2.54. The first-order chi connectivity index (χ1) is 14.2. The van der Waals surface area contributed by atoms with Crippen LogP contribution in [0.4, 0.5) is 5.69 Å². The topological polar surface area (TPSA) is 116 Å². The van der Waals surface area contributed by atoms with Gasteiger partial charge in [-0.1, -0.05) is 18.2 Å². The van der Waals surface area contributed by atoms with Crippen molar-refractivity contribution >= 4 is 35.2 Å². The highest BCUT2D eigenvalue weighted by Gasteiger charge is 2.72. The van der Waals surface area contributed by atoms with Crippen molar-refractivity contribution < 1.29 is 38.2 Å². The van der Waals surface area contributed by atoms with Crippen molar-refractivity contribution in [2.75, 3.05) is 4.90 Å². The summed E-state index contributed by atoms with van der Waals surface area (Å²) in [5.74, 6) is -4.66. The Bertz CT molecular complexity index is 998. The quantitative estimate of drug-likeness (QED) is 0.232. The van der Waals surface area contributed by atoms with Gasteiger partial charge in [-0.2, -0.15) is 0 Å². The van der Waals surface area contributed by atoms with Crippen LogP contribution >= 0.6 is 0 Å². The van der Waals surface area contributed by atoms with Gasteiger partial charge in [-0.05, 0) is 25.1 Å². The van der Waals surface area contributed by atoms with Gasteiger partial charge >= 0.3 is 11.9 Å². The summed E-state index contributed by atoms with van der Waals surface area (Å²) in [5.41, 5.74) is -0.986. The van der Waals surface area contributed by atoms with Gasteiger partial charge in [0.25, 0.3) is 6.29 Å². The van der Waals surface area contributed by atoms with Crippen molar-refractivity contribution in [1.29, 1.82) is 0 Å². The molecule has 2 amide bonds. The fourth-order valence-electron chi connectivity index (χ4n) is 4.34. The van der Waals surface area contributed by atoms with Crippen LogP contribution in [0.1, 0.15) is 31.1 Å². The summed E-state index contributed by atoms with van der Waals surface area (Å²) in [6, 6.07) is 6.20. The monoisotopic (exact) mass is 413 g/mol. The molecule has 0 radical (unpaired) electrons. The molecule has 156 valence electrons. The maximum Gasteiger partial charge on any atom is 0.305 e. The molecule has 3 aliphatic rings. The number of benzene rings is 1. The molecule has 0 saturated carbocycles. The van der Waals surface area contributed by atoms with Crippen molar-refractivity contribution in [1.82, 2.24) is 0 Å².